The van der Waals surface area contributed by atoms with E-state index in [0.717, 1.165) is 31.6 Å². The Bertz CT molecular complexity index is 954. The second-order valence-electron chi connectivity index (χ2n) is 8.67. The highest BCUT2D eigenvalue weighted by Crippen LogP contribution is 2.41. The fourth-order valence-corrected chi connectivity index (χ4v) is 4.86. The van der Waals surface area contributed by atoms with Crippen LogP contribution in [0.4, 0.5) is 5.82 Å². The van der Waals surface area contributed by atoms with Gasteiger partial charge < -0.3 is 4.90 Å². The number of hydrogen-bond acceptors (Lipinski definition) is 4. The van der Waals surface area contributed by atoms with Crippen molar-refractivity contribution in [3.05, 3.63) is 57.7 Å². The van der Waals surface area contributed by atoms with Crippen LogP contribution in [-0.2, 0) is 6.42 Å². The van der Waals surface area contributed by atoms with Crippen LogP contribution in [0.3, 0.4) is 0 Å². The number of aromatic nitrogens is 1. The Balaban J connectivity index is 1.65. The first-order valence-electron chi connectivity index (χ1n) is 9.85. The molecular formula is C23H24ClN3O. The van der Waals surface area contributed by atoms with Gasteiger partial charge in [-0.1, -0.05) is 55.8 Å². The zero-order valence-electron chi connectivity index (χ0n) is 16.3. The van der Waals surface area contributed by atoms with Gasteiger partial charge in [-0.2, -0.15) is 5.26 Å². The molecule has 1 aliphatic carbocycles. The Hall–Kier alpha value is -2.38. The number of carbonyl (C=O) groups is 1. The topological polar surface area (TPSA) is 57.0 Å². The number of nitrogens with zero attached hydrogens (tertiary/aromatic N) is 3. The molecule has 0 unspecified atom stereocenters. The lowest BCUT2D eigenvalue weighted by atomic mass is 9.75. The van der Waals surface area contributed by atoms with E-state index in [1.54, 1.807) is 0 Å². The van der Waals surface area contributed by atoms with Crippen molar-refractivity contribution in [2.75, 3.05) is 18.0 Å². The SMILES string of the molecule is CC1(C)CC(=O)c2c(nc(N3CCC(c4ccccc4)CC3)c(C#N)c2Cl)C1. The Morgan fingerprint density at radius 2 is 1.86 bits per heavy atom. The van der Waals surface area contributed by atoms with E-state index in [0.29, 0.717) is 35.7 Å². The van der Waals surface area contributed by atoms with Gasteiger partial charge in [-0.3, -0.25) is 4.79 Å². The molecule has 144 valence electrons. The molecule has 28 heavy (non-hydrogen) atoms. The summed E-state index contributed by atoms with van der Waals surface area (Å²) in [5, 5.41) is 10.0. The van der Waals surface area contributed by atoms with Gasteiger partial charge in [0.25, 0.3) is 0 Å². The van der Waals surface area contributed by atoms with E-state index in [4.69, 9.17) is 16.6 Å². The number of piperidine rings is 1. The molecule has 4 nitrogen and oxygen atoms in total. The van der Waals surface area contributed by atoms with E-state index < -0.39 is 0 Å². The summed E-state index contributed by atoms with van der Waals surface area (Å²) >= 11 is 6.55. The number of pyridine rings is 1. The lowest BCUT2D eigenvalue weighted by Crippen LogP contribution is -2.35. The standard InChI is InChI=1S/C23H24ClN3O/c1-23(2)12-18-20(19(28)13-23)21(24)17(14-25)22(26-18)27-10-8-16(9-11-27)15-6-4-3-5-7-15/h3-7,16H,8-13H2,1-2H3. The molecule has 4 rings (SSSR count). The second kappa shape index (κ2) is 7.22. The number of anilines is 1. The quantitative estimate of drug-likeness (QED) is 0.708. The third kappa shape index (κ3) is 3.40. The van der Waals surface area contributed by atoms with Crippen LogP contribution in [0.5, 0.6) is 0 Å². The van der Waals surface area contributed by atoms with Crippen molar-refractivity contribution in [3.8, 4) is 6.07 Å². The molecule has 0 bridgehead atoms. The van der Waals surface area contributed by atoms with Gasteiger partial charge in [0.05, 0.1) is 16.3 Å². The second-order valence-corrected chi connectivity index (χ2v) is 9.05. The predicted molar refractivity (Wildman–Crippen MR) is 111 cm³/mol. The smallest absolute Gasteiger partial charge is 0.166 e. The van der Waals surface area contributed by atoms with E-state index in [2.05, 4.69) is 49.1 Å². The van der Waals surface area contributed by atoms with Crippen molar-refractivity contribution >= 4 is 23.2 Å². The molecule has 0 radical (unpaired) electrons. The molecule has 5 heteroatoms. The number of nitriles is 1. The Labute approximate surface area is 171 Å². The highest BCUT2D eigenvalue weighted by molar-refractivity contribution is 6.35. The van der Waals surface area contributed by atoms with Gasteiger partial charge in [0.15, 0.2) is 5.78 Å². The van der Waals surface area contributed by atoms with E-state index in [-0.39, 0.29) is 16.2 Å². The molecule has 2 aliphatic rings. The maximum absolute atomic E-state index is 12.6. The number of Topliss-reactive ketones (excluding diaryl/α,β-unsaturated/α-hetero) is 1. The summed E-state index contributed by atoms with van der Waals surface area (Å²) in [4.78, 5) is 19.6. The molecular weight excluding hydrogens is 370 g/mol. The maximum Gasteiger partial charge on any atom is 0.166 e. The molecule has 0 atom stereocenters. The number of benzene rings is 1. The zero-order valence-corrected chi connectivity index (χ0v) is 17.1. The summed E-state index contributed by atoms with van der Waals surface area (Å²) in [6.45, 7) is 5.81. The van der Waals surface area contributed by atoms with Crippen molar-refractivity contribution in [2.45, 2.75) is 45.4 Å². The summed E-state index contributed by atoms with van der Waals surface area (Å²) in [7, 11) is 0. The minimum Gasteiger partial charge on any atom is -0.355 e. The van der Waals surface area contributed by atoms with Crippen LogP contribution in [0.25, 0.3) is 0 Å². The van der Waals surface area contributed by atoms with Crippen LogP contribution < -0.4 is 4.90 Å². The van der Waals surface area contributed by atoms with Crippen LogP contribution in [0.2, 0.25) is 5.02 Å². The Morgan fingerprint density at radius 1 is 1.18 bits per heavy atom. The van der Waals surface area contributed by atoms with Gasteiger partial charge in [-0.05, 0) is 36.2 Å². The molecule has 0 N–H and O–H groups in total. The lowest BCUT2D eigenvalue weighted by molar-refractivity contribution is 0.0910. The minimum absolute atomic E-state index is 0.00501. The Kier molecular flexibility index (Phi) is 4.89. The van der Waals surface area contributed by atoms with Gasteiger partial charge in [0, 0.05) is 19.5 Å². The first kappa shape index (κ1) is 19.0. The monoisotopic (exact) mass is 393 g/mol. The van der Waals surface area contributed by atoms with Crippen LogP contribution >= 0.6 is 11.6 Å². The average molecular weight is 394 g/mol. The minimum atomic E-state index is -0.133. The van der Waals surface area contributed by atoms with Crippen molar-refractivity contribution in [1.29, 1.82) is 5.26 Å². The molecule has 2 heterocycles. The lowest BCUT2D eigenvalue weighted by Gasteiger charge is -2.35. The fraction of sp³-hybridized carbons (Fsp3) is 0.435. The first-order valence-corrected chi connectivity index (χ1v) is 10.2. The summed E-state index contributed by atoms with van der Waals surface area (Å²) in [6.07, 6.45) is 3.16. The molecule has 0 amide bonds. The summed E-state index contributed by atoms with van der Waals surface area (Å²) in [6, 6.07) is 12.8. The number of halogens is 1. The van der Waals surface area contributed by atoms with E-state index >= 15 is 0 Å². The zero-order chi connectivity index (χ0) is 19.9. The number of carbonyl (C=O) groups excluding carboxylic acids is 1. The molecule has 1 aromatic heterocycles. The largest absolute Gasteiger partial charge is 0.355 e. The summed E-state index contributed by atoms with van der Waals surface area (Å²) in [5.41, 5.74) is 2.77. The van der Waals surface area contributed by atoms with Gasteiger partial charge in [0.1, 0.15) is 17.5 Å². The van der Waals surface area contributed by atoms with E-state index in [1.807, 2.05) is 6.07 Å². The molecule has 1 aliphatic heterocycles. The van der Waals surface area contributed by atoms with Gasteiger partial charge in [-0.25, -0.2) is 4.98 Å². The fourth-order valence-electron chi connectivity index (χ4n) is 4.52. The number of ketones is 1. The van der Waals surface area contributed by atoms with Crippen molar-refractivity contribution in [2.24, 2.45) is 5.41 Å². The maximum atomic E-state index is 12.6. The molecule has 1 saturated heterocycles. The predicted octanol–water partition coefficient (Wildman–Crippen LogP) is 5.15. The molecule has 1 aromatic carbocycles. The average Bonchev–Trinajstić information content (AvgIpc) is 2.67. The van der Waals surface area contributed by atoms with Crippen LogP contribution in [0, 0.1) is 16.7 Å². The van der Waals surface area contributed by atoms with Crippen LogP contribution in [0.1, 0.15) is 66.2 Å². The third-order valence-corrected chi connectivity index (χ3v) is 6.31. The van der Waals surface area contributed by atoms with E-state index in [1.165, 1.54) is 5.56 Å². The van der Waals surface area contributed by atoms with Crippen molar-refractivity contribution in [1.82, 2.24) is 4.98 Å². The highest BCUT2D eigenvalue weighted by Gasteiger charge is 2.36. The van der Waals surface area contributed by atoms with Crippen LogP contribution in [-0.4, -0.2) is 23.9 Å². The van der Waals surface area contributed by atoms with E-state index in [9.17, 15) is 10.1 Å². The van der Waals surface area contributed by atoms with Gasteiger partial charge in [0.2, 0.25) is 0 Å². The number of fused-ring (bicyclic) bond motifs is 1. The normalized spacial score (nSPS) is 19.2. The van der Waals surface area contributed by atoms with Crippen molar-refractivity contribution in [3.63, 3.8) is 0 Å². The van der Waals surface area contributed by atoms with Gasteiger partial charge in [-0.15, -0.1) is 0 Å². The highest BCUT2D eigenvalue weighted by atomic mass is 35.5. The van der Waals surface area contributed by atoms with Gasteiger partial charge >= 0.3 is 0 Å². The van der Waals surface area contributed by atoms with Crippen LogP contribution in [0.15, 0.2) is 30.3 Å². The third-order valence-electron chi connectivity index (χ3n) is 5.93. The number of rotatable bonds is 2. The summed E-state index contributed by atoms with van der Waals surface area (Å²) in [5.74, 6) is 1.16. The Morgan fingerprint density at radius 3 is 2.50 bits per heavy atom. The van der Waals surface area contributed by atoms with Crippen molar-refractivity contribution < 1.29 is 4.79 Å². The number of hydrogen-bond donors (Lipinski definition) is 0. The molecule has 2 aromatic rings. The molecule has 0 saturated carbocycles. The first-order chi connectivity index (χ1) is 13.4. The molecule has 1 fully saturated rings. The molecule has 0 spiro atoms. The summed E-state index contributed by atoms with van der Waals surface area (Å²) < 4.78 is 0.